The van der Waals surface area contributed by atoms with Gasteiger partial charge in [0, 0.05) is 18.8 Å². The predicted molar refractivity (Wildman–Crippen MR) is 84.8 cm³/mol. The lowest BCUT2D eigenvalue weighted by Gasteiger charge is -2.34. The molecule has 0 unspecified atom stereocenters. The molecule has 1 fully saturated rings. The van der Waals surface area contributed by atoms with Gasteiger partial charge in [0.2, 0.25) is 0 Å². The molecule has 0 radical (unpaired) electrons. The minimum atomic E-state index is -0.826. The number of nitro groups is 1. The van der Waals surface area contributed by atoms with Gasteiger partial charge in [-0.05, 0) is 38.3 Å². The van der Waals surface area contributed by atoms with Gasteiger partial charge < -0.3 is 14.3 Å². The fraction of sp³-hybridized carbons (Fsp3) is 0.375. The van der Waals surface area contributed by atoms with Gasteiger partial charge in [0.15, 0.2) is 0 Å². The highest BCUT2D eigenvalue weighted by atomic mass is 16.6. The number of rotatable bonds is 3. The van der Waals surface area contributed by atoms with E-state index >= 15 is 0 Å². The number of hydrogen-bond donors (Lipinski definition) is 1. The Hall–Kier alpha value is -2.90. The molecule has 8 heteroatoms. The van der Waals surface area contributed by atoms with Crippen LogP contribution in [0.15, 0.2) is 33.6 Å². The summed E-state index contributed by atoms with van der Waals surface area (Å²) in [6.45, 7) is 2.37. The van der Waals surface area contributed by atoms with Crippen LogP contribution in [0.4, 0.5) is 5.69 Å². The van der Waals surface area contributed by atoms with Crippen molar-refractivity contribution >= 4 is 11.6 Å². The maximum Gasteiger partial charge on any atom is 0.334 e. The van der Waals surface area contributed by atoms with E-state index in [-0.39, 0.29) is 17.5 Å². The number of nitrogens with zero attached hydrogens (tertiary/aromatic N) is 2. The number of pyridine rings is 1. The topological polar surface area (TPSA) is 109 Å². The Morgan fingerprint density at radius 1 is 1.42 bits per heavy atom. The number of furan rings is 1. The smallest absolute Gasteiger partial charge is 0.334 e. The molecule has 1 atom stereocenters. The van der Waals surface area contributed by atoms with Crippen LogP contribution in [0.1, 0.15) is 47.2 Å². The van der Waals surface area contributed by atoms with Crippen molar-refractivity contribution < 1.29 is 14.1 Å². The Kier molecular flexibility index (Phi) is 4.20. The molecule has 8 nitrogen and oxygen atoms in total. The Morgan fingerprint density at radius 2 is 2.21 bits per heavy atom. The molecule has 0 aliphatic carbocycles. The number of aromatic nitrogens is 1. The van der Waals surface area contributed by atoms with Crippen molar-refractivity contribution in [1.82, 2.24) is 9.88 Å². The standard InChI is InChI=1S/C16H17N3O5/c1-10-5-6-14(24-10)12-4-2-3-7-18(12)16(21)11-8-13(19(22)23)15(20)17-9-11/h5-6,8-9,12H,2-4,7H2,1H3,(H,17,20)/t12-/m0/s1. The molecule has 0 spiro atoms. The number of amides is 1. The summed E-state index contributed by atoms with van der Waals surface area (Å²) in [5, 5.41) is 10.9. The van der Waals surface area contributed by atoms with Crippen LogP contribution in [0.2, 0.25) is 0 Å². The second-order valence-corrected chi connectivity index (χ2v) is 5.82. The van der Waals surface area contributed by atoms with Crippen molar-refractivity contribution in [2.45, 2.75) is 32.2 Å². The maximum absolute atomic E-state index is 12.8. The van der Waals surface area contributed by atoms with E-state index < -0.39 is 16.2 Å². The average molecular weight is 331 g/mol. The number of aromatic amines is 1. The zero-order valence-electron chi connectivity index (χ0n) is 13.2. The van der Waals surface area contributed by atoms with E-state index in [1.807, 2.05) is 19.1 Å². The largest absolute Gasteiger partial charge is 0.464 e. The van der Waals surface area contributed by atoms with Crippen LogP contribution < -0.4 is 5.56 Å². The first kappa shape index (κ1) is 16.0. The van der Waals surface area contributed by atoms with Crippen molar-refractivity contribution in [3.8, 4) is 0 Å². The normalized spacial score (nSPS) is 17.7. The highest BCUT2D eigenvalue weighted by Gasteiger charge is 2.31. The summed E-state index contributed by atoms with van der Waals surface area (Å²) in [6, 6.07) is 4.52. The van der Waals surface area contributed by atoms with Gasteiger partial charge in [0.25, 0.3) is 5.91 Å². The Morgan fingerprint density at radius 3 is 2.88 bits per heavy atom. The van der Waals surface area contributed by atoms with Crippen LogP contribution in [0.5, 0.6) is 0 Å². The van der Waals surface area contributed by atoms with Gasteiger partial charge in [-0.15, -0.1) is 0 Å². The maximum atomic E-state index is 12.8. The molecule has 24 heavy (non-hydrogen) atoms. The zero-order chi connectivity index (χ0) is 17.3. The lowest BCUT2D eigenvalue weighted by molar-refractivity contribution is -0.386. The molecule has 2 aromatic rings. The van der Waals surface area contributed by atoms with Gasteiger partial charge in [-0.1, -0.05) is 0 Å². The summed E-state index contributed by atoms with van der Waals surface area (Å²) in [7, 11) is 0. The van der Waals surface area contributed by atoms with E-state index in [4.69, 9.17) is 4.42 Å². The molecule has 1 aliphatic rings. The van der Waals surface area contributed by atoms with E-state index in [9.17, 15) is 19.7 Å². The summed E-state index contributed by atoms with van der Waals surface area (Å²) in [5.41, 5.74) is -1.37. The lowest BCUT2D eigenvalue weighted by Crippen LogP contribution is -2.38. The predicted octanol–water partition coefficient (Wildman–Crippen LogP) is 2.55. The van der Waals surface area contributed by atoms with Gasteiger partial charge in [0.1, 0.15) is 11.5 Å². The van der Waals surface area contributed by atoms with E-state index in [1.165, 1.54) is 6.20 Å². The molecule has 0 saturated carbocycles. The molecule has 1 saturated heterocycles. The molecule has 1 aliphatic heterocycles. The number of H-pyrrole nitrogens is 1. The summed E-state index contributed by atoms with van der Waals surface area (Å²) < 4.78 is 5.66. The fourth-order valence-corrected chi connectivity index (χ4v) is 3.00. The van der Waals surface area contributed by atoms with Crippen LogP contribution in [-0.4, -0.2) is 27.3 Å². The molecule has 3 heterocycles. The van der Waals surface area contributed by atoms with Crippen LogP contribution in [0.3, 0.4) is 0 Å². The molecule has 0 aromatic carbocycles. The van der Waals surface area contributed by atoms with Crippen LogP contribution in [0, 0.1) is 17.0 Å². The quantitative estimate of drug-likeness (QED) is 0.686. The van der Waals surface area contributed by atoms with Gasteiger partial charge in [-0.2, -0.15) is 0 Å². The zero-order valence-corrected chi connectivity index (χ0v) is 13.2. The first-order valence-electron chi connectivity index (χ1n) is 7.72. The molecular weight excluding hydrogens is 314 g/mol. The average Bonchev–Trinajstić information content (AvgIpc) is 3.01. The van der Waals surface area contributed by atoms with Crippen LogP contribution >= 0.6 is 0 Å². The second kappa shape index (κ2) is 6.31. The van der Waals surface area contributed by atoms with Crippen molar-refractivity contribution in [2.24, 2.45) is 0 Å². The number of aryl methyl sites for hydroxylation is 1. The molecule has 3 rings (SSSR count). The van der Waals surface area contributed by atoms with Gasteiger partial charge >= 0.3 is 11.2 Å². The molecule has 0 bridgehead atoms. The monoisotopic (exact) mass is 331 g/mol. The lowest BCUT2D eigenvalue weighted by atomic mass is 9.99. The third-order valence-electron chi connectivity index (χ3n) is 4.18. The van der Waals surface area contributed by atoms with Crippen molar-refractivity contribution in [3.63, 3.8) is 0 Å². The van der Waals surface area contributed by atoms with Crippen LogP contribution in [-0.2, 0) is 0 Å². The Labute approximate surface area is 137 Å². The number of likely N-dealkylation sites (tertiary alicyclic amines) is 1. The number of carbonyl (C=O) groups excluding carboxylic acids is 1. The highest BCUT2D eigenvalue weighted by molar-refractivity contribution is 5.94. The third kappa shape index (κ3) is 2.94. The highest BCUT2D eigenvalue weighted by Crippen LogP contribution is 2.33. The minimum Gasteiger partial charge on any atom is -0.464 e. The molecule has 1 amide bonds. The van der Waals surface area contributed by atoms with E-state index in [0.717, 1.165) is 31.1 Å². The summed E-state index contributed by atoms with van der Waals surface area (Å²) in [5.74, 6) is 1.12. The fourth-order valence-electron chi connectivity index (χ4n) is 3.00. The van der Waals surface area contributed by atoms with Crippen molar-refractivity contribution in [2.75, 3.05) is 6.54 Å². The Bertz CT molecular complexity index is 838. The van der Waals surface area contributed by atoms with Crippen molar-refractivity contribution in [3.05, 3.63) is 61.9 Å². The first-order chi connectivity index (χ1) is 11.5. The van der Waals surface area contributed by atoms with Gasteiger partial charge in [0.05, 0.1) is 16.5 Å². The third-order valence-corrected chi connectivity index (χ3v) is 4.18. The number of piperidine rings is 1. The summed E-state index contributed by atoms with van der Waals surface area (Å²) >= 11 is 0. The summed E-state index contributed by atoms with van der Waals surface area (Å²) in [6.07, 6.45) is 3.81. The van der Waals surface area contributed by atoms with E-state index in [2.05, 4.69) is 4.98 Å². The molecule has 2 aromatic heterocycles. The van der Waals surface area contributed by atoms with Crippen LogP contribution in [0.25, 0.3) is 0 Å². The SMILES string of the molecule is Cc1ccc([C@@H]2CCCCN2C(=O)c2c[nH]c(=O)c([N+](=O)[O-])c2)o1. The Balaban J connectivity index is 1.93. The van der Waals surface area contributed by atoms with Gasteiger partial charge in [-0.3, -0.25) is 19.7 Å². The van der Waals surface area contributed by atoms with E-state index in [1.54, 1.807) is 4.90 Å². The molecular formula is C16H17N3O5. The van der Waals surface area contributed by atoms with Crippen molar-refractivity contribution in [1.29, 1.82) is 0 Å². The number of hydrogen-bond acceptors (Lipinski definition) is 5. The number of nitrogens with one attached hydrogen (secondary N) is 1. The van der Waals surface area contributed by atoms with Gasteiger partial charge in [-0.25, -0.2) is 0 Å². The summed E-state index contributed by atoms with van der Waals surface area (Å²) in [4.78, 5) is 38.3. The number of carbonyl (C=O) groups is 1. The van der Waals surface area contributed by atoms with E-state index in [0.29, 0.717) is 12.3 Å². The molecule has 126 valence electrons. The second-order valence-electron chi connectivity index (χ2n) is 5.82. The first-order valence-corrected chi connectivity index (χ1v) is 7.72. The molecule has 1 N–H and O–H groups in total. The minimum absolute atomic E-state index is 0.0940.